The monoisotopic (exact) mass is 319 g/mol. The van der Waals surface area contributed by atoms with Crippen LogP contribution in [0.3, 0.4) is 0 Å². The van der Waals surface area contributed by atoms with E-state index in [2.05, 4.69) is 5.10 Å². The average Bonchev–Trinajstić information content (AvgIpc) is 2.83. The van der Waals surface area contributed by atoms with Gasteiger partial charge in [-0.15, -0.1) is 5.10 Å². The smallest absolute Gasteiger partial charge is 0.202 e. The average molecular weight is 319 g/mol. The van der Waals surface area contributed by atoms with Gasteiger partial charge in [-0.05, 0) is 43.6 Å². The lowest BCUT2D eigenvalue weighted by Crippen LogP contribution is -3.12. The lowest BCUT2D eigenvalue weighted by molar-refractivity contribution is -0.928. The van der Waals surface area contributed by atoms with Crippen molar-refractivity contribution >= 4 is 12.2 Å². The molecule has 118 valence electrons. The Balaban J connectivity index is 1.67. The number of hydrogen-bond donors (Lipinski definition) is 1. The van der Waals surface area contributed by atoms with Gasteiger partial charge in [0, 0.05) is 7.05 Å². The van der Waals surface area contributed by atoms with Gasteiger partial charge in [0.1, 0.15) is 12.4 Å². The van der Waals surface area contributed by atoms with E-state index in [0.717, 1.165) is 23.0 Å². The Morgan fingerprint density at radius 2 is 1.91 bits per heavy atom. The van der Waals surface area contributed by atoms with Gasteiger partial charge in [0.05, 0.1) is 13.1 Å². The molecule has 1 saturated heterocycles. The molecule has 2 aromatic rings. The summed E-state index contributed by atoms with van der Waals surface area (Å²) in [7, 11) is 1.96. The van der Waals surface area contributed by atoms with Crippen molar-refractivity contribution in [3.63, 3.8) is 0 Å². The first kappa shape index (κ1) is 15.2. The summed E-state index contributed by atoms with van der Waals surface area (Å²) in [4.78, 5) is 1.57. The van der Waals surface area contributed by atoms with Crippen molar-refractivity contribution in [3.8, 4) is 5.75 Å². The first-order valence-corrected chi connectivity index (χ1v) is 8.29. The van der Waals surface area contributed by atoms with Gasteiger partial charge in [0.2, 0.25) is 4.77 Å². The van der Waals surface area contributed by atoms with Gasteiger partial charge >= 0.3 is 0 Å². The van der Waals surface area contributed by atoms with Gasteiger partial charge < -0.3 is 14.2 Å². The van der Waals surface area contributed by atoms with Crippen LogP contribution in [0.4, 0.5) is 0 Å². The van der Waals surface area contributed by atoms with Gasteiger partial charge in [-0.1, -0.05) is 18.2 Å². The molecule has 0 atom stereocenters. The molecule has 1 aliphatic rings. The number of ether oxygens (including phenoxy) is 1. The molecule has 1 aromatic carbocycles. The fraction of sp³-hybridized carbons (Fsp3) is 0.500. The first-order valence-electron chi connectivity index (χ1n) is 7.88. The van der Waals surface area contributed by atoms with Crippen LogP contribution in [0.5, 0.6) is 5.75 Å². The van der Waals surface area contributed by atoms with Crippen LogP contribution in [0.15, 0.2) is 30.3 Å². The maximum Gasteiger partial charge on any atom is 0.202 e. The van der Waals surface area contributed by atoms with Crippen LogP contribution in [0.2, 0.25) is 0 Å². The van der Waals surface area contributed by atoms with Crippen molar-refractivity contribution in [2.24, 2.45) is 7.05 Å². The van der Waals surface area contributed by atoms with Crippen molar-refractivity contribution in [2.45, 2.75) is 32.5 Å². The number of aromatic nitrogens is 3. The fourth-order valence-electron chi connectivity index (χ4n) is 2.85. The second-order valence-corrected chi connectivity index (χ2v) is 6.19. The number of nitrogens with zero attached hydrogens (tertiary/aromatic N) is 3. The van der Waals surface area contributed by atoms with Crippen molar-refractivity contribution in [1.82, 2.24) is 14.3 Å². The van der Waals surface area contributed by atoms with E-state index in [-0.39, 0.29) is 0 Å². The molecule has 1 fully saturated rings. The van der Waals surface area contributed by atoms with E-state index in [1.165, 1.54) is 32.4 Å². The van der Waals surface area contributed by atoms with E-state index >= 15 is 0 Å². The summed E-state index contributed by atoms with van der Waals surface area (Å²) in [5, 5.41) is 4.65. The van der Waals surface area contributed by atoms with Gasteiger partial charge in [0.15, 0.2) is 12.5 Å². The fourth-order valence-corrected chi connectivity index (χ4v) is 3.06. The highest BCUT2D eigenvalue weighted by Gasteiger charge is 2.16. The molecule has 0 aliphatic carbocycles. The molecule has 0 saturated carbocycles. The van der Waals surface area contributed by atoms with Crippen LogP contribution in [-0.4, -0.2) is 27.4 Å². The lowest BCUT2D eigenvalue weighted by atomic mass is 10.1. The molecule has 0 spiro atoms. The largest absolute Gasteiger partial charge is 0.486 e. The summed E-state index contributed by atoms with van der Waals surface area (Å²) in [5.74, 6) is 1.72. The van der Waals surface area contributed by atoms with E-state index < -0.39 is 0 Å². The second-order valence-electron chi connectivity index (χ2n) is 5.83. The number of likely N-dealkylation sites (tertiary alicyclic amines) is 1. The molecule has 2 heterocycles. The highest BCUT2D eigenvalue weighted by atomic mass is 32.1. The van der Waals surface area contributed by atoms with Gasteiger partial charge in [-0.25, -0.2) is 0 Å². The van der Waals surface area contributed by atoms with Crippen molar-refractivity contribution < 1.29 is 9.64 Å². The molecule has 5 nitrogen and oxygen atoms in total. The molecule has 3 rings (SSSR count). The third kappa shape index (κ3) is 3.56. The molecule has 6 heteroatoms. The number of quaternary nitrogens is 1. The summed E-state index contributed by atoms with van der Waals surface area (Å²) in [6.07, 6.45) is 3.96. The SMILES string of the molecule is Cn1c(COc2ccccc2)nn(C[NH+]2CCCCC2)c1=S. The van der Waals surface area contributed by atoms with Gasteiger partial charge in [-0.3, -0.25) is 0 Å². The Morgan fingerprint density at radius 3 is 2.64 bits per heavy atom. The minimum atomic E-state index is 0.437. The van der Waals surface area contributed by atoms with Crippen LogP contribution in [-0.2, 0) is 20.3 Å². The van der Waals surface area contributed by atoms with Crippen molar-refractivity contribution in [3.05, 3.63) is 40.9 Å². The highest BCUT2D eigenvalue weighted by Crippen LogP contribution is 2.10. The Kier molecular flexibility index (Phi) is 4.90. The minimum absolute atomic E-state index is 0.437. The molecule has 22 heavy (non-hydrogen) atoms. The summed E-state index contributed by atoms with van der Waals surface area (Å²) in [6, 6.07) is 9.80. The number of rotatable bonds is 5. The van der Waals surface area contributed by atoms with E-state index in [1.807, 2.05) is 46.6 Å². The number of piperidine rings is 1. The Hall–Kier alpha value is -1.66. The van der Waals surface area contributed by atoms with Crippen LogP contribution in [0.1, 0.15) is 25.1 Å². The molecule has 0 amide bonds. The maximum atomic E-state index is 5.78. The highest BCUT2D eigenvalue weighted by molar-refractivity contribution is 7.71. The van der Waals surface area contributed by atoms with Crippen molar-refractivity contribution in [1.29, 1.82) is 0 Å². The zero-order chi connectivity index (χ0) is 15.4. The van der Waals surface area contributed by atoms with Crippen LogP contribution in [0.25, 0.3) is 0 Å². The topological polar surface area (TPSA) is 36.4 Å². The maximum absolute atomic E-state index is 5.78. The summed E-state index contributed by atoms with van der Waals surface area (Å²) in [6.45, 7) is 3.73. The minimum Gasteiger partial charge on any atom is -0.486 e. The first-order chi connectivity index (χ1) is 10.7. The molecule has 1 aromatic heterocycles. The van der Waals surface area contributed by atoms with Gasteiger partial charge in [0.25, 0.3) is 0 Å². The van der Waals surface area contributed by atoms with Crippen LogP contribution >= 0.6 is 12.2 Å². The summed E-state index contributed by atoms with van der Waals surface area (Å²) in [5.41, 5.74) is 0. The molecular formula is C16H23N4OS+. The number of para-hydroxylation sites is 1. The Morgan fingerprint density at radius 1 is 1.18 bits per heavy atom. The third-order valence-corrected chi connectivity index (χ3v) is 4.66. The van der Waals surface area contributed by atoms with Crippen LogP contribution < -0.4 is 9.64 Å². The zero-order valence-corrected chi connectivity index (χ0v) is 13.8. The number of benzene rings is 1. The number of nitrogens with one attached hydrogen (secondary N) is 1. The molecule has 1 aliphatic heterocycles. The summed E-state index contributed by atoms with van der Waals surface area (Å²) >= 11 is 5.51. The van der Waals surface area contributed by atoms with E-state index in [0.29, 0.717) is 6.61 Å². The normalized spacial score (nSPS) is 15.9. The Bertz CT molecular complexity index is 659. The summed E-state index contributed by atoms with van der Waals surface area (Å²) < 4.78 is 10.4. The van der Waals surface area contributed by atoms with Crippen LogP contribution in [0, 0.1) is 4.77 Å². The van der Waals surface area contributed by atoms with Crippen molar-refractivity contribution in [2.75, 3.05) is 13.1 Å². The van der Waals surface area contributed by atoms with E-state index in [9.17, 15) is 0 Å². The quantitative estimate of drug-likeness (QED) is 0.850. The zero-order valence-electron chi connectivity index (χ0n) is 13.0. The molecular weight excluding hydrogens is 296 g/mol. The second kappa shape index (κ2) is 7.07. The predicted molar refractivity (Wildman–Crippen MR) is 87.4 cm³/mol. The predicted octanol–water partition coefficient (Wildman–Crippen LogP) is 1.56. The molecule has 0 radical (unpaired) electrons. The van der Waals surface area contributed by atoms with E-state index in [1.54, 1.807) is 4.90 Å². The third-order valence-electron chi connectivity index (χ3n) is 4.18. The van der Waals surface area contributed by atoms with E-state index in [4.69, 9.17) is 17.0 Å². The van der Waals surface area contributed by atoms with Gasteiger partial charge in [-0.2, -0.15) is 4.68 Å². The standard InChI is InChI=1S/C16H22N4OS/c1-18-15(12-21-14-8-4-2-5-9-14)17-20(16(18)22)13-19-10-6-3-7-11-19/h2,4-5,8-9H,3,6-7,10-13H2,1H3/p+1. The lowest BCUT2D eigenvalue weighted by Gasteiger charge is -2.22. The molecule has 0 unspecified atom stereocenters. The number of hydrogen-bond acceptors (Lipinski definition) is 3. The Labute approximate surface area is 136 Å². The molecule has 0 bridgehead atoms. The molecule has 1 N–H and O–H groups in total.